The lowest BCUT2D eigenvalue weighted by Crippen LogP contribution is -2.21. The SMILES string of the molecule is Cc1cc(C2=CC(=O)CC(C)(C)C2)ccc1F. The average Bonchev–Trinajstić information content (AvgIpc) is 2.19. The number of carbonyl (C=O) groups is 1. The molecule has 17 heavy (non-hydrogen) atoms. The van der Waals surface area contributed by atoms with Crippen LogP contribution in [0.15, 0.2) is 24.3 Å². The number of ketones is 1. The second kappa shape index (κ2) is 4.10. The van der Waals surface area contributed by atoms with Crippen LogP contribution in [-0.2, 0) is 4.79 Å². The molecule has 1 nitrogen and oxygen atoms in total. The van der Waals surface area contributed by atoms with Gasteiger partial charge in [-0.25, -0.2) is 4.39 Å². The number of benzene rings is 1. The number of rotatable bonds is 1. The summed E-state index contributed by atoms with van der Waals surface area (Å²) in [5.74, 6) is -0.0334. The smallest absolute Gasteiger partial charge is 0.156 e. The van der Waals surface area contributed by atoms with Crippen molar-refractivity contribution in [3.8, 4) is 0 Å². The summed E-state index contributed by atoms with van der Waals surface area (Å²) in [5.41, 5.74) is 2.61. The molecule has 0 N–H and O–H groups in total. The Morgan fingerprint density at radius 1 is 1.24 bits per heavy atom. The van der Waals surface area contributed by atoms with Crippen LogP contribution >= 0.6 is 0 Å². The Morgan fingerprint density at radius 3 is 2.53 bits per heavy atom. The Hall–Kier alpha value is -1.44. The molecule has 0 fully saturated rings. The Kier molecular flexibility index (Phi) is 2.90. The number of aryl methyl sites for hydroxylation is 1. The molecule has 0 unspecified atom stereocenters. The van der Waals surface area contributed by atoms with E-state index in [1.165, 1.54) is 6.07 Å². The van der Waals surface area contributed by atoms with Gasteiger partial charge in [0.05, 0.1) is 0 Å². The minimum Gasteiger partial charge on any atom is -0.295 e. The van der Waals surface area contributed by atoms with Gasteiger partial charge < -0.3 is 0 Å². The van der Waals surface area contributed by atoms with Gasteiger partial charge in [0.1, 0.15) is 5.82 Å². The zero-order chi connectivity index (χ0) is 12.6. The first-order valence-electron chi connectivity index (χ1n) is 5.87. The zero-order valence-corrected chi connectivity index (χ0v) is 10.5. The van der Waals surface area contributed by atoms with Gasteiger partial charge in [0.15, 0.2) is 5.78 Å². The van der Waals surface area contributed by atoms with Crippen LogP contribution in [0, 0.1) is 18.2 Å². The number of carbonyl (C=O) groups excluding carboxylic acids is 1. The molecule has 2 heteroatoms. The molecule has 2 rings (SSSR count). The Labute approximate surface area is 101 Å². The summed E-state index contributed by atoms with van der Waals surface area (Å²) in [6, 6.07) is 5.04. The van der Waals surface area contributed by atoms with Crippen LogP contribution in [0.5, 0.6) is 0 Å². The minimum absolute atomic E-state index is 0.00343. The van der Waals surface area contributed by atoms with Gasteiger partial charge >= 0.3 is 0 Å². The van der Waals surface area contributed by atoms with Gasteiger partial charge in [0.25, 0.3) is 0 Å². The summed E-state index contributed by atoms with van der Waals surface area (Å²) in [5, 5.41) is 0. The van der Waals surface area contributed by atoms with Gasteiger partial charge in [-0.15, -0.1) is 0 Å². The summed E-state index contributed by atoms with van der Waals surface area (Å²) in [6.07, 6.45) is 3.17. The number of hydrogen-bond donors (Lipinski definition) is 0. The molecule has 1 aliphatic rings. The Bertz CT molecular complexity index is 498. The number of halogens is 1. The van der Waals surface area contributed by atoms with E-state index in [1.54, 1.807) is 19.1 Å². The molecule has 0 saturated heterocycles. The lowest BCUT2D eigenvalue weighted by molar-refractivity contribution is -0.116. The monoisotopic (exact) mass is 232 g/mol. The molecule has 90 valence electrons. The molecule has 0 amide bonds. The first-order valence-corrected chi connectivity index (χ1v) is 5.87. The van der Waals surface area contributed by atoms with Crippen LogP contribution in [0.2, 0.25) is 0 Å². The maximum atomic E-state index is 13.2. The van der Waals surface area contributed by atoms with Crippen LogP contribution in [0.25, 0.3) is 5.57 Å². The molecule has 0 radical (unpaired) electrons. The van der Waals surface area contributed by atoms with Crippen LogP contribution in [0.4, 0.5) is 4.39 Å². The normalized spacial score (nSPS) is 19.1. The molecule has 0 saturated carbocycles. The third-order valence-corrected chi connectivity index (χ3v) is 3.19. The molecule has 0 atom stereocenters. The summed E-state index contributed by atoms with van der Waals surface area (Å²) >= 11 is 0. The van der Waals surface area contributed by atoms with Gasteiger partial charge in [-0.05, 0) is 53.7 Å². The number of hydrogen-bond acceptors (Lipinski definition) is 1. The van der Waals surface area contributed by atoms with E-state index in [1.807, 2.05) is 6.07 Å². The molecular weight excluding hydrogens is 215 g/mol. The summed E-state index contributed by atoms with van der Waals surface area (Å²) in [7, 11) is 0. The van der Waals surface area contributed by atoms with Crippen LogP contribution in [0.1, 0.15) is 37.8 Å². The van der Waals surface area contributed by atoms with Crippen molar-refractivity contribution in [1.82, 2.24) is 0 Å². The molecule has 0 heterocycles. The highest BCUT2D eigenvalue weighted by Crippen LogP contribution is 2.38. The van der Waals surface area contributed by atoms with Crippen LogP contribution in [0.3, 0.4) is 0 Å². The summed E-state index contributed by atoms with van der Waals surface area (Å²) in [6.45, 7) is 5.93. The van der Waals surface area contributed by atoms with Crippen molar-refractivity contribution >= 4 is 11.4 Å². The first-order chi connectivity index (χ1) is 7.87. The van der Waals surface area contributed by atoms with Gasteiger partial charge in [-0.3, -0.25) is 4.79 Å². The van der Waals surface area contributed by atoms with E-state index in [0.29, 0.717) is 12.0 Å². The van der Waals surface area contributed by atoms with Crippen molar-refractivity contribution < 1.29 is 9.18 Å². The summed E-state index contributed by atoms with van der Waals surface area (Å²) < 4.78 is 13.2. The maximum Gasteiger partial charge on any atom is 0.156 e. The van der Waals surface area contributed by atoms with Gasteiger partial charge in [0, 0.05) is 6.42 Å². The van der Waals surface area contributed by atoms with Gasteiger partial charge in [0.2, 0.25) is 0 Å². The largest absolute Gasteiger partial charge is 0.295 e. The van der Waals surface area contributed by atoms with E-state index in [-0.39, 0.29) is 17.0 Å². The molecular formula is C15H17FO. The van der Waals surface area contributed by atoms with Crippen molar-refractivity contribution in [2.45, 2.75) is 33.6 Å². The van der Waals surface area contributed by atoms with Crippen molar-refractivity contribution in [2.24, 2.45) is 5.41 Å². The lowest BCUT2D eigenvalue weighted by Gasteiger charge is -2.29. The topological polar surface area (TPSA) is 17.1 Å². The zero-order valence-electron chi connectivity index (χ0n) is 10.5. The molecule has 1 aromatic rings. The predicted octanol–water partition coefficient (Wildman–Crippen LogP) is 3.91. The molecule has 0 spiro atoms. The van der Waals surface area contributed by atoms with E-state index in [4.69, 9.17) is 0 Å². The standard InChI is InChI=1S/C15H17FO/c1-10-6-11(4-5-14(10)16)12-7-13(17)9-15(2,3)8-12/h4-7H,8-9H2,1-3H3. The van der Waals surface area contributed by atoms with E-state index >= 15 is 0 Å². The molecule has 0 aromatic heterocycles. The quantitative estimate of drug-likeness (QED) is 0.717. The van der Waals surface area contributed by atoms with Crippen molar-refractivity contribution in [2.75, 3.05) is 0 Å². The summed E-state index contributed by atoms with van der Waals surface area (Å²) in [4.78, 5) is 11.7. The Balaban J connectivity index is 2.39. The molecule has 1 aliphatic carbocycles. The van der Waals surface area contributed by atoms with Crippen molar-refractivity contribution in [3.63, 3.8) is 0 Å². The molecule has 0 bridgehead atoms. The van der Waals surface area contributed by atoms with Crippen molar-refractivity contribution in [1.29, 1.82) is 0 Å². The minimum atomic E-state index is -0.198. The maximum absolute atomic E-state index is 13.2. The van der Waals surface area contributed by atoms with Crippen molar-refractivity contribution in [3.05, 3.63) is 41.2 Å². The van der Waals surface area contributed by atoms with Crippen LogP contribution < -0.4 is 0 Å². The van der Waals surface area contributed by atoms with E-state index < -0.39 is 0 Å². The number of allylic oxidation sites excluding steroid dienone is 2. The van der Waals surface area contributed by atoms with Gasteiger partial charge in [-0.1, -0.05) is 19.9 Å². The lowest BCUT2D eigenvalue weighted by atomic mass is 9.75. The second-order valence-electron chi connectivity index (χ2n) is 5.62. The molecule has 1 aromatic carbocycles. The Morgan fingerprint density at radius 2 is 1.94 bits per heavy atom. The highest BCUT2D eigenvalue weighted by atomic mass is 19.1. The fourth-order valence-electron chi connectivity index (χ4n) is 2.38. The highest BCUT2D eigenvalue weighted by Gasteiger charge is 2.27. The fourth-order valence-corrected chi connectivity index (χ4v) is 2.38. The first kappa shape index (κ1) is 12.0. The van der Waals surface area contributed by atoms with Crippen LogP contribution in [-0.4, -0.2) is 5.78 Å². The average molecular weight is 232 g/mol. The second-order valence-corrected chi connectivity index (χ2v) is 5.62. The fraction of sp³-hybridized carbons (Fsp3) is 0.400. The van der Waals surface area contributed by atoms with E-state index in [9.17, 15) is 9.18 Å². The van der Waals surface area contributed by atoms with Gasteiger partial charge in [-0.2, -0.15) is 0 Å². The van der Waals surface area contributed by atoms with E-state index in [0.717, 1.165) is 17.6 Å². The predicted molar refractivity (Wildman–Crippen MR) is 67.1 cm³/mol. The highest BCUT2D eigenvalue weighted by molar-refractivity contribution is 5.99. The van der Waals surface area contributed by atoms with E-state index in [2.05, 4.69) is 13.8 Å². The molecule has 0 aliphatic heterocycles. The third kappa shape index (κ3) is 2.63. The third-order valence-electron chi connectivity index (χ3n) is 3.19.